The maximum Gasteiger partial charge on any atom is 0.343 e. The molecule has 0 amide bonds. The SMILES string of the molecule is CCCc1nc2ccc(Br)cc2c(=O)n1N=Cc1cc(OCC)c(OCC(=O)OC)c(Cl)c1Br. The first kappa shape index (κ1) is 26.2. The molecule has 3 aromatic rings. The van der Waals surface area contributed by atoms with Crippen LogP contribution in [0.15, 0.2) is 43.1 Å². The van der Waals surface area contributed by atoms with Gasteiger partial charge in [0.2, 0.25) is 0 Å². The summed E-state index contributed by atoms with van der Waals surface area (Å²) >= 11 is 13.3. The molecule has 8 nitrogen and oxygen atoms in total. The van der Waals surface area contributed by atoms with Crippen LogP contribution in [0.4, 0.5) is 0 Å². The van der Waals surface area contributed by atoms with E-state index in [1.54, 1.807) is 18.2 Å². The average Bonchev–Trinajstić information content (AvgIpc) is 2.82. The fourth-order valence-electron chi connectivity index (χ4n) is 3.11. The van der Waals surface area contributed by atoms with Gasteiger partial charge in [0, 0.05) is 20.9 Å². The molecule has 0 N–H and O–H groups in total. The maximum atomic E-state index is 13.2. The Morgan fingerprint density at radius 1 is 1.24 bits per heavy atom. The highest BCUT2D eigenvalue weighted by Gasteiger charge is 2.19. The molecule has 0 aliphatic carbocycles. The minimum absolute atomic E-state index is 0.193. The number of fused-ring (bicyclic) bond motifs is 1. The van der Waals surface area contributed by atoms with Crippen LogP contribution < -0.4 is 15.0 Å². The second-order valence-electron chi connectivity index (χ2n) is 7.02. The van der Waals surface area contributed by atoms with Crippen LogP contribution in [-0.4, -0.2) is 42.2 Å². The summed E-state index contributed by atoms with van der Waals surface area (Å²) < 4.78 is 18.3. The molecule has 11 heteroatoms. The predicted octanol–water partition coefficient (Wildman–Crippen LogP) is 5.36. The topological polar surface area (TPSA) is 92.0 Å². The van der Waals surface area contributed by atoms with Gasteiger partial charge in [-0.2, -0.15) is 9.78 Å². The van der Waals surface area contributed by atoms with Gasteiger partial charge in [-0.05, 0) is 53.5 Å². The van der Waals surface area contributed by atoms with Gasteiger partial charge >= 0.3 is 5.97 Å². The molecule has 0 unspecified atom stereocenters. The van der Waals surface area contributed by atoms with E-state index in [4.69, 9.17) is 21.1 Å². The van der Waals surface area contributed by atoms with Crippen molar-refractivity contribution in [3.05, 3.63) is 60.0 Å². The molecule has 0 saturated heterocycles. The summed E-state index contributed by atoms with van der Waals surface area (Å²) in [5.41, 5.74) is 0.872. The number of aromatic nitrogens is 2. The number of nitrogens with zero attached hydrogens (tertiary/aromatic N) is 3. The van der Waals surface area contributed by atoms with Gasteiger partial charge in [0.25, 0.3) is 5.56 Å². The highest BCUT2D eigenvalue weighted by molar-refractivity contribution is 9.10. The molecular weight excluding hydrogens is 594 g/mol. The molecule has 0 atom stereocenters. The van der Waals surface area contributed by atoms with Crippen molar-refractivity contribution < 1.29 is 19.0 Å². The number of rotatable bonds is 9. The lowest BCUT2D eigenvalue weighted by molar-refractivity contribution is -0.142. The van der Waals surface area contributed by atoms with E-state index in [9.17, 15) is 9.59 Å². The molecule has 1 aromatic heterocycles. The van der Waals surface area contributed by atoms with Crippen LogP contribution in [0.25, 0.3) is 10.9 Å². The van der Waals surface area contributed by atoms with Crippen LogP contribution in [0.5, 0.6) is 11.5 Å². The molecule has 2 aromatic carbocycles. The molecule has 3 rings (SSSR count). The van der Waals surface area contributed by atoms with E-state index in [0.717, 1.165) is 10.9 Å². The van der Waals surface area contributed by atoms with Gasteiger partial charge in [0.05, 0.1) is 30.8 Å². The van der Waals surface area contributed by atoms with Crippen molar-refractivity contribution in [2.45, 2.75) is 26.7 Å². The van der Waals surface area contributed by atoms with Crippen molar-refractivity contribution >= 4 is 66.5 Å². The molecule has 1 heterocycles. The Morgan fingerprint density at radius 3 is 2.68 bits per heavy atom. The fraction of sp³-hybridized carbons (Fsp3) is 0.304. The molecule has 0 bridgehead atoms. The zero-order chi connectivity index (χ0) is 24.8. The number of aryl methyl sites for hydroxylation is 1. The summed E-state index contributed by atoms with van der Waals surface area (Å²) in [6.45, 7) is 3.82. The summed E-state index contributed by atoms with van der Waals surface area (Å²) in [7, 11) is 1.27. The molecule has 34 heavy (non-hydrogen) atoms. The maximum absolute atomic E-state index is 13.2. The van der Waals surface area contributed by atoms with E-state index in [1.165, 1.54) is 18.0 Å². The van der Waals surface area contributed by atoms with E-state index in [1.807, 2.05) is 19.9 Å². The Morgan fingerprint density at radius 2 is 2.00 bits per heavy atom. The average molecular weight is 616 g/mol. The lowest BCUT2D eigenvalue weighted by Gasteiger charge is -2.15. The van der Waals surface area contributed by atoms with Gasteiger partial charge < -0.3 is 14.2 Å². The molecule has 0 saturated carbocycles. The van der Waals surface area contributed by atoms with E-state index >= 15 is 0 Å². The smallest absolute Gasteiger partial charge is 0.343 e. The zero-order valence-electron chi connectivity index (χ0n) is 18.7. The van der Waals surface area contributed by atoms with Crippen molar-refractivity contribution in [2.24, 2.45) is 5.10 Å². The van der Waals surface area contributed by atoms with Crippen LogP contribution >= 0.6 is 43.5 Å². The number of esters is 1. The van der Waals surface area contributed by atoms with E-state index < -0.39 is 5.97 Å². The third kappa shape index (κ3) is 5.79. The van der Waals surface area contributed by atoms with Gasteiger partial charge in [-0.3, -0.25) is 4.79 Å². The van der Waals surface area contributed by atoms with E-state index in [0.29, 0.717) is 45.5 Å². The molecule has 0 fully saturated rings. The minimum atomic E-state index is -0.557. The lowest BCUT2D eigenvalue weighted by Crippen LogP contribution is -2.22. The van der Waals surface area contributed by atoms with Crippen molar-refractivity contribution in [2.75, 3.05) is 20.3 Å². The standard InChI is InChI=1S/C23H22Br2ClN3O5/c1-4-6-18-28-16-8-7-14(24)10-15(16)23(31)29(18)27-11-13-9-17(33-5-2)22(21(26)20(13)25)34-12-19(30)32-3/h7-11H,4-6,12H2,1-3H3. The number of hydrogen-bond acceptors (Lipinski definition) is 7. The van der Waals surface area contributed by atoms with Crippen molar-refractivity contribution in [1.82, 2.24) is 9.66 Å². The Bertz CT molecular complexity index is 1310. The number of halogens is 3. The number of hydrogen-bond donors (Lipinski definition) is 0. The normalized spacial score (nSPS) is 11.2. The fourth-order valence-corrected chi connectivity index (χ4v) is 4.12. The Balaban J connectivity index is 2.09. The van der Waals surface area contributed by atoms with Crippen LogP contribution in [0.2, 0.25) is 5.02 Å². The predicted molar refractivity (Wildman–Crippen MR) is 139 cm³/mol. The van der Waals surface area contributed by atoms with Crippen LogP contribution in [0.1, 0.15) is 31.7 Å². The monoisotopic (exact) mass is 613 g/mol. The van der Waals surface area contributed by atoms with Crippen LogP contribution in [0.3, 0.4) is 0 Å². The van der Waals surface area contributed by atoms with Crippen molar-refractivity contribution in [3.63, 3.8) is 0 Å². The second kappa shape index (κ2) is 11.8. The highest BCUT2D eigenvalue weighted by Crippen LogP contribution is 2.42. The van der Waals surface area contributed by atoms with Crippen molar-refractivity contribution in [3.8, 4) is 11.5 Å². The number of carbonyl (C=O) groups is 1. The summed E-state index contributed by atoms with van der Waals surface area (Å²) in [6.07, 6.45) is 2.86. The lowest BCUT2D eigenvalue weighted by atomic mass is 10.2. The van der Waals surface area contributed by atoms with E-state index in [2.05, 4.69) is 46.7 Å². The first-order valence-corrected chi connectivity index (χ1v) is 12.4. The summed E-state index contributed by atoms with van der Waals surface area (Å²) in [5.74, 6) is 0.504. The van der Waals surface area contributed by atoms with Gasteiger partial charge in [-0.15, -0.1) is 0 Å². The van der Waals surface area contributed by atoms with Gasteiger partial charge in [0.15, 0.2) is 18.1 Å². The van der Waals surface area contributed by atoms with Gasteiger partial charge in [-0.1, -0.05) is 34.5 Å². The number of methoxy groups -OCH3 is 1. The molecule has 0 aliphatic rings. The second-order valence-corrected chi connectivity index (χ2v) is 9.11. The molecule has 0 aliphatic heterocycles. The van der Waals surface area contributed by atoms with Crippen molar-refractivity contribution in [1.29, 1.82) is 0 Å². The molecule has 180 valence electrons. The van der Waals surface area contributed by atoms with Gasteiger partial charge in [0.1, 0.15) is 10.8 Å². The molecule has 0 spiro atoms. The van der Waals surface area contributed by atoms with Crippen LogP contribution in [0, 0.1) is 0 Å². The Kier molecular flexibility index (Phi) is 9.10. The Hall–Kier alpha value is -2.43. The number of ether oxygens (including phenoxy) is 3. The summed E-state index contributed by atoms with van der Waals surface area (Å²) in [5, 5.41) is 5.08. The Labute approximate surface area is 218 Å². The summed E-state index contributed by atoms with van der Waals surface area (Å²) in [6, 6.07) is 7.02. The largest absolute Gasteiger partial charge is 0.490 e. The van der Waals surface area contributed by atoms with Gasteiger partial charge in [-0.25, -0.2) is 9.78 Å². The molecular formula is C23H22Br2ClN3O5. The quantitative estimate of drug-likeness (QED) is 0.238. The van der Waals surface area contributed by atoms with Crippen LogP contribution in [-0.2, 0) is 16.0 Å². The minimum Gasteiger partial charge on any atom is -0.490 e. The molecule has 0 radical (unpaired) electrons. The first-order chi connectivity index (χ1) is 16.3. The highest BCUT2D eigenvalue weighted by atomic mass is 79.9. The number of benzene rings is 2. The first-order valence-electron chi connectivity index (χ1n) is 10.4. The third-order valence-electron chi connectivity index (χ3n) is 4.68. The zero-order valence-corrected chi connectivity index (χ0v) is 22.7. The summed E-state index contributed by atoms with van der Waals surface area (Å²) in [4.78, 5) is 29.3. The number of carbonyl (C=O) groups excluding carboxylic acids is 1. The van der Waals surface area contributed by atoms with E-state index in [-0.39, 0.29) is 22.9 Å². The third-order valence-corrected chi connectivity index (χ3v) is 6.62.